The van der Waals surface area contributed by atoms with Crippen LogP contribution in [0.4, 0.5) is 10.1 Å². The molecule has 5 heteroatoms. The molecule has 3 aromatic carbocycles. The molecule has 1 heterocycles. The summed E-state index contributed by atoms with van der Waals surface area (Å²) in [5.74, 6) is -0.340. The van der Waals surface area contributed by atoms with Crippen LogP contribution in [0, 0.1) is 5.82 Å². The number of halogens is 1. The van der Waals surface area contributed by atoms with Crippen LogP contribution in [0.15, 0.2) is 88.6 Å². The van der Waals surface area contributed by atoms with E-state index in [-0.39, 0.29) is 11.4 Å². The number of benzene rings is 3. The van der Waals surface area contributed by atoms with Crippen molar-refractivity contribution in [1.29, 1.82) is 0 Å². The Kier molecular flexibility index (Phi) is 5.94. The van der Waals surface area contributed by atoms with Gasteiger partial charge in [-0.1, -0.05) is 61.9 Å². The number of para-hydroxylation sites is 1. The van der Waals surface area contributed by atoms with Crippen LogP contribution in [0.5, 0.6) is 0 Å². The van der Waals surface area contributed by atoms with Gasteiger partial charge in [0.1, 0.15) is 5.82 Å². The number of nitrogens with zero attached hydrogens (tertiary/aromatic N) is 2. The lowest BCUT2D eigenvalue weighted by atomic mass is 10.0. The van der Waals surface area contributed by atoms with Gasteiger partial charge in [0, 0.05) is 11.3 Å². The third-order valence-electron chi connectivity index (χ3n) is 5.19. The van der Waals surface area contributed by atoms with E-state index in [0.29, 0.717) is 23.4 Å². The van der Waals surface area contributed by atoms with Crippen LogP contribution in [0.25, 0.3) is 16.8 Å². The van der Waals surface area contributed by atoms with Gasteiger partial charge in [0.25, 0.3) is 5.56 Å². The van der Waals surface area contributed by atoms with Gasteiger partial charge in [0.05, 0.1) is 22.6 Å². The first-order valence-corrected chi connectivity index (χ1v) is 10.4. The normalized spacial score (nSPS) is 11.6. The molecule has 0 saturated carbocycles. The molecule has 31 heavy (non-hydrogen) atoms. The van der Waals surface area contributed by atoms with Crippen molar-refractivity contribution in [1.82, 2.24) is 9.78 Å². The van der Waals surface area contributed by atoms with E-state index in [2.05, 4.69) is 12.0 Å². The molecule has 0 radical (unpaired) electrons. The van der Waals surface area contributed by atoms with Crippen molar-refractivity contribution < 1.29 is 4.39 Å². The van der Waals surface area contributed by atoms with Crippen molar-refractivity contribution in [2.75, 3.05) is 0 Å². The summed E-state index contributed by atoms with van der Waals surface area (Å²) in [5.41, 5.74) is 5.33. The number of H-pyrrole nitrogens is 1. The van der Waals surface area contributed by atoms with Crippen LogP contribution < -0.4 is 5.56 Å². The molecule has 1 aromatic heterocycles. The van der Waals surface area contributed by atoms with Gasteiger partial charge in [-0.05, 0) is 49.2 Å². The predicted octanol–water partition coefficient (Wildman–Crippen LogP) is 6.06. The fourth-order valence-electron chi connectivity index (χ4n) is 3.73. The summed E-state index contributed by atoms with van der Waals surface area (Å²) in [6, 6.07) is 23.8. The van der Waals surface area contributed by atoms with Crippen molar-refractivity contribution in [2.45, 2.75) is 26.7 Å². The monoisotopic (exact) mass is 413 g/mol. The van der Waals surface area contributed by atoms with Crippen LogP contribution in [-0.2, 0) is 6.42 Å². The second-order valence-electron chi connectivity index (χ2n) is 7.41. The number of aryl methyl sites for hydroxylation is 1. The maximum absolute atomic E-state index is 13.3. The lowest BCUT2D eigenvalue weighted by Gasteiger charge is -2.07. The van der Waals surface area contributed by atoms with Crippen LogP contribution in [0.2, 0.25) is 0 Å². The number of aliphatic imine (C=N–C) groups is 1. The minimum absolute atomic E-state index is 0.187. The fraction of sp³-hybridized carbons (Fsp3) is 0.154. The molecule has 0 spiro atoms. The minimum atomic E-state index is -0.340. The summed E-state index contributed by atoms with van der Waals surface area (Å²) in [6.45, 7) is 3.93. The summed E-state index contributed by atoms with van der Waals surface area (Å²) in [5, 5.41) is 3.20. The second-order valence-corrected chi connectivity index (χ2v) is 7.41. The van der Waals surface area contributed by atoms with Crippen LogP contribution in [0.1, 0.15) is 31.5 Å². The van der Waals surface area contributed by atoms with E-state index >= 15 is 0 Å². The molecule has 0 aliphatic heterocycles. The summed E-state index contributed by atoms with van der Waals surface area (Å²) < 4.78 is 14.8. The fourth-order valence-corrected chi connectivity index (χ4v) is 3.73. The maximum Gasteiger partial charge on any atom is 0.280 e. The number of nitrogens with one attached hydrogen (secondary N) is 1. The van der Waals surface area contributed by atoms with E-state index < -0.39 is 0 Å². The SMILES string of the molecule is CCCc1[nH]n(-c2ccc(F)cc2)c(=O)c1C(C)=Nc1ccccc1-c1ccccc1. The molecule has 0 atom stereocenters. The Morgan fingerprint density at radius 1 is 0.968 bits per heavy atom. The Bertz CT molecular complexity index is 1270. The summed E-state index contributed by atoms with van der Waals surface area (Å²) in [7, 11) is 0. The highest BCUT2D eigenvalue weighted by Crippen LogP contribution is 2.30. The molecule has 156 valence electrons. The molecule has 4 aromatic rings. The quantitative estimate of drug-likeness (QED) is 0.384. The van der Waals surface area contributed by atoms with Crippen molar-refractivity contribution in [3.63, 3.8) is 0 Å². The lowest BCUT2D eigenvalue weighted by Crippen LogP contribution is -2.19. The first kappa shape index (κ1) is 20.5. The smallest absolute Gasteiger partial charge is 0.280 e. The molecule has 0 aliphatic carbocycles. The standard InChI is InChI=1S/C26H24FN3O/c1-3-9-24-25(26(31)30(29-24)21-16-14-20(27)15-17-21)18(2)28-23-13-8-7-12-22(23)19-10-5-4-6-11-19/h4-8,10-17,29H,3,9H2,1-2H3. The van der Waals surface area contributed by atoms with E-state index in [1.54, 1.807) is 12.1 Å². The van der Waals surface area contributed by atoms with Gasteiger partial charge in [-0.15, -0.1) is 0 Å². The Morgan fingerprint density at radius 3 is 2.35 bits per heavy atom. The topological polar surface area (TPSA) is 50.1 Å². The third kappa shape index (κ3) is 4.26. The molecule has 4 nitrogen and oxygen atoms in total. The molecule has 1 N–H and O–H groups in total. The van der Waals surface area contributed by atoms with Crippen molar-refractivity contribution in [2.24, 2.45) is 4.99 Å². The number of rotatable bonds is 6. The predicted molar refractivity (Wildman–Crippen MR) is 124 cm³/mol. The van der Waals surface area contributed by atoms with E-state index in [9.17, 15) is 9.18 Å². The molecule has 0 saturated heterocycles. The van der Waals surface area contributed by atoms with Crippen molar-refractivity contribution in [3.05, 3.63) is 106 Å². The van der Waals surface area contributed by atoms with Crippen molar-refractivity contribution >= 4 is 11.4 Å². The molecule has 0 aliphatic rings. The van der Waals surface area contributed by atoms with Gasteiger partial charge >= 0.3 is 0 Å². The summed E-state index contributed by atoms with van der Waals surface area (Å²) in [6.07, 6.45) is 1.59. The first-order valence-electron chi connectivity index (χ1n) is 10.4. The van der Waals surface area contributed by atoms with Crippen LogP contribution in [-0.4, -0.2) is 15.5 Å². The Morgan fingerprint density at radius 2 is 1.65 bits per heavy atom. The zero-order valence-corrected chi connectivity index (χ0v) is 17.6. The average molecular weight is 413 g/mol. The average Bonchev–Trinajstić information content (AvgIpc) is 3.11. The van der Waals surface area contributed by atoms with E-state index in [1.807, 2.05) is 61.5 Å². The molecule has 4 rings (SSSR count). The molecule has 0 amide bonds. The van der Waals surface area contributed by atoms with Gasteiger partial charge in [0.15, 0.2) is 0 Å². The first-order chi connectivity index (χ1) is 15.1. The Labute approximate surface area is 180 Å². The molecule has 0 fully saturated rings. The number of hydrogen-bond acceptors (Lipinski definition) is 2. The zero-order chi connectivity index (χ0) is 21.8. The highest BCUT2D eigenvalue weighted by molar-refractivity contribution is 6.02. The van der Waals surface area contributed by atoms with Crippen molar-refractivity contribution in [3.8, 4) is 16.8 Å². The zero-order valence-electron chi connectivity index (χ0n) is 17.6. The van der Waals surface area contributed by atoms with Gasteiger partial charge in [-0.3, -0.25) is 14.9 Å². The largest absolute Gasteiger partial charge is 0.294 e. The number of aromatic amines is 1. The van der Waals surface area contributed by atoms with Crippen LogP contribution in [0.3, 0.4) is 0 Å². The summed E-state index contributed by atoms with van der Waals surface area (Å²) >= 11 is 0. The van der Waals surface area contributed by atoms with E-state index in [4.69, 9.17) is 4.99 Å². The molecular formula is C26H24FN3O. The maximum atomic E-state index is 13.3. The van der Waals surface area contributed by atoms with Gasteiger partial charge in [-0.2, -0.15) is 0 Å². The molecule has 0 unspecified atom stereocenters. The third-order valence-corrected chi connectivity index (χ3v) is 5.19. The number of aromatic nitrogens is 2. The highest BCUT2D eigenvalue weighted by Gasteiger charge is 2.18. The van der Waals surface area contributed by atoms with Gasteiger partial charge in [-0.25, -0.2) is 9.07 Å². The van der Waals surface area contributed by atoms with Gasteiger partial charge in [0.2, 0.25) is 0 Å². The highest BCUT2D eigenvalue weighted by atomic mass is 19.1. The second kappa shape index (κ2) is 8.96. The molecule has 0 bridgehead atoms. The minimum Gasteiger partial charge on any atom is -0.294 e. The lowest BCUT2D eigenvalue weighted by molar-refractivity contribution is 0.626. The Balaban J connectivity index is 1.82. The number of hydrogen-bond donors (Lipinski definition) is 1. The molecular weight excluding hydrogens is 389 g/mol. The Hall–Kier alpha value is -3.73. The summed E-state index contributed by atoms with van der Waals surface area (Å²) in [4.78, 5) is 18.1. The van der Waals surface area contributed by atoms with E-state index in [0.717, 1.165) is 28.9 Å². The van der Waals surface area contributed by atoms with Crippen LogP contribution >= 0.6 is 0 Å². The van der Waals surface area contributed by atoms with E-state index in [1.165, 1.54) is 16.8 Å². The van der Waals surface area contributed by atoms with Gasteiger partial charge < -0.3 is 0 Å².